The lowest BCUT2D eigenvalue weighted by Gasteiger charge is -2.25. The average Bonchev–Trinajstić information content (AvgIpc) is 2.45. The Morgan fingerprint density at radius 3 is 2.43 bits per heavy atom. The second-order valence-corrected chi connectivity index (χ2v) is 4.83. The second kappa shape index (κ2) is 5.78. The summed E-state index contributed by atoms with van der Waals surface area (Å²) in [4.78, 5) is 22.2. The lowest BCUT2D eigenvalue weighted by Crippen LogP contribution is -2.25. The maximum absolute atomic E-state index is 12.0. The molecular weight excluding hydrogens is 272 g/mol. The van der Waals surface area contributed by atoms with Gasteiger partial charge in [-0.15, -0.1) is 0 Å². The van der Waals surface area contributed by atoms with Gasteiger partial charge in [0.1, 0.15) is 0 Å². The van der Waals surface area contributed by atoms with Crippen LogP contribution in [0.15, 0.2) is 47.3 Å². The third-order valence-corrected chi connectivity index (χ3v) is 3.38. The van der Waals surface area contributed by atoms with E-state index in [4.69, 9.17) is 4.74 Å². The molecule has 0 unspecified atom stereocenters. The Morgan fingerprint density at radius 2 is 1.90 bits per heavy atom. The third kappa shape index (κ3) is 2.94. The first-order valence-electron chi connectivity index (χ1n) is 6.43. The predicted molar refractivity (Wildman–Crippen MR) is 77.4 cm³/mol. The van der Waals surface area contributed by atoms with Crippen molar-refractivity contribution in [2.75, 3.05) is 7.11 Å². The van der Waals surface area contributed by atoms with Gasteiger partial charge in [-0.25, -0.2) is 4.79 Å². The minimum Gasteiger partial charge on any atom is -0.466 e. The number of carbonyl (C=O) groups is 1. The molecule has 6 nitrogen and oxygen atoms in total. The van der Waals surface area contributed by atoms with E-state index < -0.39 is 10.9 Å². The number of hydrogen-bond acceptors (Lipinski definition) is 5. The Hall–Kier alpha value is -2.63. The van der Waals surface area contributed by atoms with Gasteiger partial charge in [0.2, 0.25) is 0 Å². The zero-order valence-electron chi connectivity index (χ0n) is 12.0. The van der Waals surface area contributed by atoms with Crippen LogP contribution in [0.1, 0.15) is 25.3 Å². The topological polar surface area (TPSA) is 81.5 Å². The highest BCUT2D eigenvalue weighted by molar-refractivity contribution is 5.92. The van der Waals surface area contributed by atoms with E-state index in [0.717, 1.165) is 17.0 Å². The number of rotatable bonds is 3. The van der Waals surface area contributed by atoms with E-state index in [1.807, 2.05) is 13.0 Å². The minimum absolute atomic E-state index is 0.0219. The van der Waals surface area contributed by atoms with Crippen LogP contribution in [0.4, 0.5) is 5.69 Å². The van der Waals surface area contributed by atoms with Crippen LogP contribution in [-0.2, 0) is 9.53 Å². The van der Waals surface area contributed by atoms with Crippen LogP contribution in [-0.4, -0.2) is 18.0 Å². The molecule has 1 aromatic rings. The van der Waals surface area contributed by atoms with E-state index >= 15 is 0 Å². The van der Waals surface area contributed by atoms with Crippen LogP contribution in [0.25, 0.3) is 0 Å². The number of non-ortho nitro benzene ring substituents is 1. The Labute approximate surface area is 122 Å². The number of esters is 1. The summed E-state index contributed by atoms with van der Waals surface area (Å²) in [6.45, 7) is 3.71. The highest BCUT2D eigenvalue weighted by Gasteiger charge is 2.27. The number of hydrogen-bond donors (Lipinski definition) is 1. The highest BCUT2D eigenvalue weighted by Crippen LogP contribution is 2.33. The van der Waals surface area contributed by atoms with E-state index in [9.17, 15) is 14.9 Å². The normalized spacial score (nSPS) is 17.9. The molecule has 1 atom stereocenters. The van der Waals surface area contributed by atoms with Gasteiger partial charge in [-0.2, -0.15) is 0 Å². The molecule has 2 rings (SSSR count). The Balaban J connectivity index is 2.45. The summed E-state index contributed by atoms with van der Waals surface area (Å²) in [5.41, 5.74) is 2.99. The molecule has 0 aromatic heterocycles. The van der Waals surface area contributed by atoms with Crippen molar-refractivity contribution in [2.45, 2.75) is 19.8 Å². The fourth-order valence-corrected chi connectivity index (χ4v) is 2.43. The average molecular weight is 288 g/mol. The number of nitrogens with zero attached hydrogens (tertiary/aromatic N) is 1. The lowest BCUT2D eigenvalue weighted by molar-refractivity contribution is -0.384. The van der Waals surface area contributed by atoms with E-state index in [1.165, 1.54) is 19.2 Å². The van der Waals surface area contributed by atoms with Gasteiger partial charge in [-0.3, -0.25) is 10.1 Å². The van der Waals surface area contributed by atoms with E-state index in [1.54, 1.807) is 19.1 Å². The van der Waals surface area contributed by atoms with Crippen molar-refractivity contribution in [1.29, 1.82) is 0 Å². The van der Waals surface area contributed by atoms with Crippen molar-refractivity contribution in [1.82, 2.24) is 5.32 Å². The molecule has 110 valence electrons. The van der Waals surface area contributed by atoms with Gasteiger partial charge in [0, 0.05) is 29.4 Å². The maximum Gasteiger partial charge on any atom is 0.336 e. The molecule has 1 heterocycles. The quantitative estimate of drug-likeness (QED) is 0.525. The molecule has 0 amide bonds. The zero-order chi connectivity index (χ0) is 15.6. The van der Waals surface area contributed by atoms with Crippen molar-refractivity contribution >= 4 is 11.7 Å². The number of ether oxygens (including phenoxy) is 1. The second-order valence-electron chi connectivity index (χ2n) is 4.83. The van der Waals surface area contributed by atoms with Crippen molar-refractivity contribution in [2.24, 2.45) is 0 Å². The van der Waals surface area contributed by atoms with Crippen molar-refractivity contribution in [3.05, 3.63) is 63.0 Å². The van der Waals surface area contributed by atoms with Gasteiger partial charge < -0.3 is 10.1 Å². The molecule has 0 spiro atoms. The number of nitro groups is 1. The molecule has 0 bridgehead atoms. The van der Waals surface area contributed by atoms with Crippen LogP contribution in [0.2, 0.25) is 0 Å². The van der Waals surface area contributed by atoms with Crippen LogP contribution in [0.3, 0.4) is 0 Å². The van der Waals surface area contributed by atoms with Crippen LogP contribution in [0.5, 0.6) is 0 Å². The Bertz CT molecular complexity index is 644. The third-order valence-electron chi connectivity index (χ3n) is 3.38. The zero-order valence-corrected chi connectivity index (χ0v) is 12.0. The SMILES string of the molecule is COC(=O)C1=C(C)NC(C)=C[C@@H]1c1ccc([N+](=O)[O-])cc1. The number of nitro benzene ring substituents is 1. The molecule has 0 saturated carbocycles. The van der Waals surface area contributed by atoms with Gasteiger partial charge >= 0.3 is 5.97 Å². The largest absolute Gasteiger partial charge is 0.466 e. The summed E-state index contributed by atoms with van der Waals surface area (Å²) in [5.74, 6) is -0.688. The molecule has 0 saturated heterocycles. The van der Waals surface area contributed by atoms with Gasteiger partial charge in [0.05, 0.1) is 17.6 Å². The van der Waals surface area contributed by atoms with Crippen molar-refractivity contribution in [3.63, 3.8) is 0 Å². The molecule has 0 aliphatic carbocycles. The monoisotopic (exact) mass is 288 g/mol. The number of carbonyl (C=O) groups excluding carboxylic acids is 1. The standard InChI is InChI=1S/C15H16N2O4/c1-9-8-13(14(10(2)16-9)15(18)21-3)11-4-6-12(7-5-11)17(19)20/h4-8,13,16H,1-3H3/t13-/m1/s1. The summed E-state index contributed by atoms with van der Waals surface area (Å²) in [7, 11) is 1.33. The van der Waals surface area contributed by atoms with Crippen molar-refractivity contribution < 1.29 is 14.5 Å². The van der Waals surface area contributed by atoms with E-state index in [-0.39, 0.29) is 11.6 Å². The highest BCUT2D eigenvalue weighted by atomic mass is 16.6. The van der Waals surface area contributed by atoms with Crippen LogP contribution >= 0.6 is 0 Å². The molecule has 1 N–H and O–H groups in total. The molecule has 1 aliphatic heterocycles. The summed E-state index contributed by atoms with van der Waals surface area (Å²) >= 11 is 0. The first-order valence-corrected chi connectivity index (χ1v) is 6.43. The van der Waals surface area contributed by atoms with Gasteiger partial charge in [-0.1, -0.05) is 18.2 Å². The first-order chi connectivity index (χ1) is 9.93. The summed E-state index contributed by atoms with van der Waals surface area (Å²) in [5, 5.41) is 13.8. The van der Waals surface area contributed by atoms with Crippen molar-refractivity contribution in [3.8, 4) is 0 Å². The number of dihydropyridines is 1. The predicted octanol–water partition coefficient (Wildman–Crippen LogP) is 2.63. The fourth-order valence-electron chi connectivity index (χ4n) is 2.43. The maximum atomic E-state index is 12.0. The number of benzene rings is 1. The lowest BCUT2D eigenvalue weighted by atomic mass is 9.87. The van der Waals surface area contributed by atoms with E-state index in [2.05, 4.69) is 5.32 Å². The Morgan fingerprint density at radius 1 is 1.29 bits per heavy atom. The molecule has 6 heteroatoms. The fraction of sp³-hybridized carbons (Fsp3) is 0.267. The molecule has 0 fully saturated rings. The molecule has 1 aromatic carbocycles. The molecular formula is C15H16N2O4. The molecule has 0 radical (unpaired) electrons. The Kier molecular flexibility index (Phi) is 4.07. The number of nitrogens with one attached hydrogen (secondary N) is 1. The number of methoxy groups -OCH3 is 1. The van der Waals surface area contributed by atoms with Gasteiger partial charge in [0.15, 0.2) is 0 Å². The summed E-state index contributed by atoms with van der Waals surface area (Å²) in [6.07, 6.45) is 1.90. The van der Waals surface area contributed by atoms with Crippen LogP contribution < -0.4 is 5.32 Å². The van der Waals surface area contributed by atoms with Crippen LogP contribution in [0, 0.1) is 10.1 Å². The summed E-state index contributed by atoms with van der Waals surface area (Å²) < 4.78 is 4.83. The minimum atomic E-state index is -0.449. The smallest absolute Gasteiger partial charge is 0.336 e. The molecule has 1 aliphatic rings. The first kappa shape index (κ1) is 14.8. The number of allylic oxidation sites excluding steroid dienone is 3. The molecule has 21 heavy (non-hydrogen) atoms. The van der Waals surface area contributed by atoms with E-state index in [0.29, 0.717) is 5.57 Å². The van der Waals surface area contributed by atoms with Gasteiger partial charge in [0.25, 0.3) is 5.69 Å². The van der Waals surface area contributed by atoms with Gasteiger partial charge in [-0.05, 0) is 19.4 Å². The summed E-state index contributed by atoms with van der Waals surface area (Å²) in [6, 6.07) is 6.19.